The van der Waals surface area contributed by atoms with Crippen LogP contribution in [0, 0.1) is 0 Å². The van der Waals surface area contributed by atoms with Gasteiger partial charge in [-0.3, -0.25) is 9.69 Å². The van der Waals surface area contributed by atoms with Crippen molar-refractivity contribution in [3.63, 3.8) is 0 Å². The Labute approximate surface area is 148 Å². The van der Waals surface area contributed by atoms with Crippen molar-refractivity contribution in [1.29, 1.82) is 0 Å². The maximum absolute atomic E-state index is 12.4. The predicted molar refractivity (Wildman–Crippen MR) is 94.8 cm³/mol. The molecule has 1 heterocycles. The van der Waals surface area contributed by atoms with Crippen LogP contribution in [0.25, 0.3) is 0 Å². The minimum absolute atomic E-state index is 0.0837. The Morgan fingerprint density at radius 2 is 1.88 bits per heavy atom. The monoisotopic (exact) mass is 365 g/mol. The zero-order valence-electron chi connectivity index (χ0n) is 14.8. The molecular weight excluding hydrogens is 342 g/mol. The molecule has 0 saturated carbocycles. The number of nitrogens with one attached hydrogen (secondary N) is 1. The van der Waals surface area contributed by atoms with Gasteiger partial charge in [-0.1, -0.05) is 6.07 Å². The van der Waals surface area contributed by atoms with Crippen molar-refractivity contribution in [2.75, 3.05) is 34.7 Å². The normalized spacial score (nSPS) is 13.2. The average molecular weight is 365 g/mol. The topological polar surface area (TPSA) is 82.9 Å². The molecule has 0 bridgehead atoms. The predicted octanol–water partition coefficient (Wildman–Crippen LogP) is 1.56. The van der Waals surface area contributed by atoms with E-state index >= 15 is 0 Å². The SMILES string of the molecule is CN(C)[C@@H](CNC(=O)c1cccc(S(=O)(=O)N(C)C)c1)c1ccco1. The Balaban J connectivity index is 2.13. The maximum Gasteiger partial charge on any atom is 0.251 e. The quantitative estimate of drug-likeness (QED) is 0.805. The van der Waals surface area contributed by atoms with Gasteiger partial charge < -0.3 is 9.73 Å². The number of amides is 1. The number of benzene rings is 1. The van der Waals surface area contributed by atoms with Crippen molar-refractivity contribution < 1.29 is 17.6 Å². The van der Waals surface area contributed by atoms with Crippen LogP contribution < -0.4 is 5.32 Å². The summed E-state index contributed by atoms with van der Waals surface area (Å²) in [6, 6.07) is 9.51. The second kappa shape index (κ2) is 7.81. The lowest BCUT2D eigenvalue weighted by molar-refractivity contribution is 0.0939. The van der Waals surface area contributed by atoms with Crippen molar-refractivity contribution in [1.82, 2.24) is 14.5 Å². The van der Waals surface area contributed by atoms with Crippen LogP contribution in [0.2, 0.25) is 0 Å². The lowest BCUT2D eigenvalue weighted by Gasteiger charge is -2.22. The number of hydrogen-bond donors (Lipinski definition) is 1. The molecule has 0 aliphatic rings. The molecule has 1 aromatic carbocycles. The number of carbonyl (C=O) groups is 1. The summed E-state index contributed by atoms with van der Waals surface area (Å²) >= 11 is 0. The van der Waals surface area contributed by atoms with E-state index in [4.69, 9.17) is 4.42 Å². The highest BCUT2D eigenvalue weighted by Gasteiger charge is 2.21. The third-order valence-corrected chi connectivity index (χ3v) is 5.64. The number of nitrogens with zero attached hydrogens (tertiary/aromatic N) is 2. The number of hydrogen-bond acceptors (Lipinski definition) is 5. The Hall–Kier alpha value is -2.16. The summed E-state index contributed by atoms with van der Waals surface area (Å²) in [6.45, 7) is 0.337. The van der Waals surface area contributed by atoms with Gasteiger partial charge in [-0.2, -0.15) is 0 Å². The Kier molecular flexibility index (Phi) is 5.99. The van der Waals surface area contributed by atoms with Crippen LogP contribution in [0.5, 0.6) is 0 Å². The first-order chi connectivity index (χ1) is 11.7. The highest BCUT2D eigenvalue weighted by Crippen LogP contribution is 2.18. The minimum atomic E-state index is -3.58. The average Bonchev–Trinajstić information content (AvgIpc) is 3.08. The van der Waals surface area contributed by atoms with Crippen LogP contribution in [0.15, 0.2) is 52.0 Å². The van der Waals surface area contributed by atoms with Gasteiger partial charge in [0.25, 0.3) is 5.91 Å². The number of furan rings is 1. The van der Waals surface area contributed by atoms with Crippen molar-refractivity contribution in [2.45, 2.75) is 10.9 Å². The molecule has 7 nitrogen and oxygen atoms in total. The number of carbonyl (C=O) groups excluding carboxylic acids is 1. The summed E-state index contributed by atoms with van der Waals surface area (Å²) in [5, 5.41) is 2.83. The molecule has 1 amide bonds. The smallest absolute Gasteiger partial charge is 0.251 e. The molecule has 1 N–H and O–H groups in total. The molecule has 2 aromatic rings. The molecule has 136 valence electrons. The van der Waals surface area contributed by atoms with E-state index in [1.54, 1.807) is 24.5 Å². The lowest BCUT2D eigenvalue weighted by Crippen LogP contribution is -2.34. The molecular formula is C17H23N3O4S. The van der Waals surface area contributed by atoms with Crippen molar-refractivity contribution >= 4 is 15.9 Å². The Morgan fingerprint density at radius 3 is 2.44 bits per heavy atom. The summed E-state index contributed by atoms with van der Waals surface area (Å²) < 4.78 is 30.9. The molecule has 1 atom stereocenters. The summed E-state index contributed by atoms with van der Waals surface area (Å²) in [4.78, 5) is 14.4. The number of sulfonamides is 1. The van der Waals surface area contributed by atoms with Gasteiger partial charge in [-0.25, -0.2) is 12.7 Å². The molecule has 8 heteroatoms. The van der Waals surface area contributed by atoms with Gasteiger partial charge in [-0.05, 0) is 44.4 Å². The van der Waals surface area contributed by atoms with E-state index in [2.05, 4.69) is 5.32 Å². The molecule has 0 saturated heterocycles. The molecule has 0 fully saturated rings. The van der Waals surface area contributed by atoms with Gasteiger partial charge in [0.05, 0.1) is 17.2 Å². The highest BCUT2D eigenvalue weighted by atomic mass is 32.2. The molecule has 1 aromatic heterocycles. The van der Waals surface area contributed by atoms with Gasteiger partial charge in [0.15, 0.2) is 0 Å². The first-order valence-corrected chi connectivity index (χ1v) is 9.18. The summed E-state index contributed by atoms with van der Waals surface area (Å²) in [5.74, 6) is 0.406. The third-order valence-electron chi connectivity index (χ3n) is 3.83. The van der Waals surface area contributed by atoms with E-state index in [0.29, 0.717) is 12.1 Å². The van der Waals surface area contributed by atoms with Gasteiger partial charge in [0.1, 0.15) is 5.76 Å². The second-order valence-electron chi connectivity index (χ2n) is 6.02. The Bertz CT molecular complexity index is 814. The van der Waals surface area contributed by atoms with Gasteiger partial charge >= 0.3 is 0 Å². The lowest BCUT2D eigenvalue weighted by atomic mass is 10.2. The number of rotatable bonds is 7. The zero-order chi connectivity index (χ0) is 18.6. The van der Waals surface area contributed by atoms with Crippen LogP contribution in [-0.2, 0) is 10.0 Å². The van der Waals surface area contributed by atoms with Gasteiger partial charge in [-0.15, -0.1) is 0 Å². The van der Waals surface area contributed by atoms with E-state index < -0.39 is 10.0 Å². The van der Waals surface area contributed by atoms with Gasteiger partial charge in [0, 0.05) is 26.2 Å². The number of likely N-dealkylation sites (N-methyl/N-ethyl adjacent to an activating group) is 1. The van der Waals surface area contributed by atoms with E-state index in [1.807, 2.05) is 25.1 Å². The maximum atomic E-state index is 12.4. The fourth-order valence-corrected chi connectivity index (χ4v) is 3.27. The second-order valence-corrected chi connectivity index (χ2v) is 8.17. The molecule has 25 heavy (non-hydrogen) atoms. The first kappa shape index (κ1) is 19.2. The van der Waals surface area contributed by atoms with E-state index in [1.165, 1.54) is 26.2 Å². The van der Waals surface area contributed by atoms with E-state index in [0.717, 1.165) is 10.1 Å². The van der Waals surface area contributed by atoms with Crippen molar-refractivity contribution in [2.24, 2.45) is 0 Å². The standard InChI is InChI=1S/C17H23N3O4S/c1-19(2)15(16-9-6-10-24-16)12-18-17(21)13-7-5-8-14(11-13)25(22,23)20(3)4/h5-11,15H,12H2,1-4H3,(H,18,21)/t15-/m0/s1. The molecule has 0 unspecified atom stereocenters. The fourth-order valence-electron chi connectivity index (χ4n) is 2.32. The first-order valence-electron chi connectivity index (χ1n) is 7.74. The van der Waals surface area contributed by atoms with Crippen LogP contribution in [0.3, 0.4) is 0 Å². The molecule has 2 rings (SSSR count). The molecule has 0 radical (unpaired) electrons. The highest BCUT2D eigenvalue weighted by molar-refractivity contribution is 7.89. The largest absolute Gasteiger partial charge is 0.468 e. The van der Waals surface area contributed by atoms with Crippen LogP contribution in [0.4, 0.5) is 0 Å². The van der Waals surface area contributed by atoms with Crippen LogP contribution >= 0.6 is 0 Å². The van der Waals surface area contributed by atoms with Gasteiger partial charge in [0.2, 0.25) is 10.0 Å². The van der Waals surface area contributed by atoms with Crippen molar-refractivity contribution in [3.8, 4) is 0 Å². The van der Waals surface area contributed by atoms with E-state index in [-0.39, 0.29) is 16.8 Å². The van der Waals surface area contributed by atoms with Crippen LogP contribution in [0.1, 0.15) is 22.2 Å². The van der Waals surface area contributed by atoms with Crippen LogP contribution in [-0.4, -0.2) is 58.3 Å². The molecule has 0 aliphatic carbocycles. The fraction of sp³-hybridized carbons (Fsp3) is 0.353. The summed E-state index contributed by atoms with van der Waals surface area (Å²) in [6.07, 6.45) is 1.59. The summed E-state index contributed by atoms with van der Waals surface area (Å²) in [7, 11) is 3.10. The van der Waals surface area contributed by atoms with Crippen molar-refractivity contribution in [3.05, 3.63) is 54.0 Å². The third kappa shape index (κ3) is 4.47. The Morgan fingerprint density at radius 1 is 1.16 bits per heavy atom. The minimum Gasteiger partial charge on any atom is -0.468 e. The van der Waals surface area contributed by atoms with E-state index in [9.17, 15) is 13.2 Å². The molecule has 0 spiro atoms. The molecule has 0 aliphatic heterocycles. The summed E-state index contributed by atoms with van der Waals surface area (Å²) in [5.41, 5.74) is 0.292. The zero-order valence-corrected chi connectivity index (χ0v) is 15.6.